The second-order valence-electron chi connectivity index (χ2n) is 6.61. The van der Waals surface area contributed by atoms with Gasteiger partial charge in [0.1, 0.15) is 5.69 Å². The Bertz CT molecular complexity index is 742. The van der Waals surface area contributed by atoms with Gasteiger partial charge in [0.15, 0.2) is 5.78 Å². The number of rotatable bonds is 3. The van der Waals surface area contributed by atoms with Crippen LogP contribution in [0.5, 0.6) is 0 Å². The second kappa shape index (κ2) is 5.09. The Morgan fingerprint density at radius 2 is 1.95 bits per heavy atom. The molecule has 0 unspecified atom stereocenters. The van der Waals surface area contributed by atoms with E-state index < -0.39 is 5.97 Å². The molecule has 22 heavy (non-hydrogen) atoms. The molecule has 0 aliphatic heterocycles. The van der Waals surface area contributed by atoms with Crippen molar-refractivity contribution in [3.05, 3.63) is 53.1 Å². The molecule has 3 rings (SSSR count). The molecule has 0 saturated carbocycles. The first-order valence-electron chi connectivity index (χ1n) is 7.25. The molecule has 5 nitrogen and oxygen atoms in total. The first kappa shape index (κ1) is 14.5. The highest BCUT2D eigenvalue weighted by Crippen LogP contribution is 2.34. The monoisotopic (exact) mass is 298 g/mol. The minimum atomic E-state index is -0.941. The average molecular weight is 298 g/mol. The van der Waals surface area contributed by atoms with E-state index in [0.29, 0.717) is 18.7 Å². The van der Waals surface area contributed by atoms with E-state index in [1.54, 1.807) is 30.6 Å². The molecule has 0 amide bonds. The zero-order valence-corrected chi connectivity index (χ0v) is 12.7. The van der Waals surface area contributed by atoms with E-state index >= 15 is 0 Å². The zero-order chi connectivity index (χ0) is 15.9. The third kappa shape index (κ3) is 2.66. The van der Waals surface area contributed by atoms with Crippen LogP contribution in [0.15, 0.2) is 30.6 Å². The van der Waals surface area contributed by atoms with Gasteiger partial charge < -0.3 is 9.67 Å². The van der Waals surface area contributed by atoms with Crippen LogP contribution >= 0.6 is 0 Å². The first-order chi connectivity index (χ1) is 10.4. The van der Waals surface area contributed by atoms with Crippen LogP contribution in [0.3, 0.4) is 0 Å². The third-order valence-electron chi connectivity index (χ3n) is 4.02. The standard InChI is InChI=1S/C17H18N2O3/c1-17(2)7-13-15(14(20)8-17)19(10-18-13)9-11-3-5-12(6-4-11)16(21)22/h3-6,10H,7-9H2,1-2H3,(H,21,22). The lowest BCUT2D eigenvalue weighted by atomic mass is 9.77. The van der Waals surface area contributed by atoms with Gasteiger partial charge in [-0.25, -0.2) is 9.78 Å². The zero-order valence-electron chi connectivity index (χ0n) is 12.7. The number of nitrogens with zero attached hydrogens (tertiary/aromatic N) is 2. The van der Waals surface area contributed by atoms with Gasteiger partial charge in [-0.15, -0.1) is 0 Å². The summed E-state index contributed by atoms with van der Waals surface area (Å²) in [7, 11) is 0. The summed E-state index contributed by atoms with van der Waals surface area (Å²) in [5.41, 5.74) is 2.73. The fraction of sp³-hybridized carbons (Fsp3) is 0.353. The van der Waals surface area contributed by atoms with Crippen LogP contribution in [0.2, 0.25) is 0 Å². The van der Waals surface area contributed by atoms with E-state index in [9.17, 15) is 9.59 Å². The van der Waals surface area contributed by atoms with Crippen LogP contribution in [0.4, 0.5) is 0 Å². The van der Waals surface area contributed by atoms with Gasteiger partial charge in [0, 0.05) is 13.0 Å². The van der Waals surface area contributed by atoms with E-state index in [4.69, 9.17) is 5.11 Å². The molecule has 0 atom stereocenters. The molecular formula is C17H18N2O3. The molecule has 5 heteroatoms. The smallest absolute Gasteiger partial charge is 0.335 e. The summed E-state index contributed by atoms with van der Waals surface area (Å²) in [5.74, 6) is -0.810. The Balaban J connectivity index is 1.87. The predicted octanol–water partition coefficient (Wildman–Crippen LogP) is 2.78. The highest BCUT2D eigenvalue weighted by Gasteiger charge is 2.34. The molecule has 0 saturated heterocycles. The van der Waals surface area contributed by atoms with Gasteiger partial charge in [-0.2, -0.15) is 0 Å². The second-order valence-corrected chi connectivity index (χ2v) is 6.61. The van der Waals surface area contributed by atoms with E-state index in [0.717, 1.165) is 17.7 Å². The quantitative estimate of drug-likeness (QED) is 0.945. The number of Topliss-reactive ketones (excluding diaryl/α,β-unsaturated/α-hetero) is 1. The number of carboxylic acid groups (broad SMARTS) is 1. The number of carbonyl (C=O) groups is 2. The number of fused-ring (bicyclic) bond motifs is 1. The number of benzene rings is 1. The van der Waals surface area contributed by atoms with Gasteiger partial charge >= 0.3 is 5.97 Å². The predicted molar refractivity (Wildman–Crippen MR) is 81.2 cm³/mol. The molecule has 114 valence electrons. The molecule has 0 bridgehead atoms. The van der Waals surface area contributed by atoms with Gasteiger partial charge in [0.25, 0.3) is 0 Å². The molecule has 2 aromatic rings. The highest BCUT2D eigenvalue weighted by atomic mass is 16.4. The maximum absolute atomic E-state index is 12.4. The van der Waals surface area contributed by atoms with Crippen molar-refractivity contribution in [2.75, 3.05) is 0 Å². The third-order valence-corrected chi connectivity index (χ3v) is 4.02. The van der Waals surface area contributed by atoms with Gasteiger partial charge in [-0.1, -0.05) is 26.0 Å². The van der Waals surface area contributed by atoms with E-state index in [-0.39, 0.29) is 16.8 Å². The number of carbonyl (C=O) groups excluding carboxylic acids is 1. The Kier molecular flexibility index (Phi) is 3.35. The van der Waals surface area contributed by atoms with Crippen molar-refractivity contribution in [1.82, 2.24) is 9.55 Å². The van der Waals surface area contributed by atoms with E-state index in [2.05, 4.69) is 18.8 Å². The maximum atomic E-state index is 12.4. The van der Waals surface area contributed by atoms with Gasteiger partial charge in [-0.3, -0.25) is 4.79 Å². The van der Waals surface area contributed by atoms with Gasteiger partial charge in [-0.05, 0) is 29.5 Å². The van der Waals surface area contributed by atoms with Gasteiger partial charge in [0.05, 0.1) is 17.6 Å². The molecule has 0 fully saturated rings. The Labute approximate surface area is 128 Å². The van der Waals surface area contributed by atoms with Crippen molar-refractivity contribution < 1.29 is 14.7 Å². The van der Waals surface area contributed by atoms with Crippen LogP contribution in [-0.4, -0.2) is 26.4 Å². The number of carboxylic acids is 1. The van der Waals surface area contributed by atoms with Crippen molar-refractivity contribution in [3.63, 3.8) is 0 Å². The molecule has 0 spiro atoms. The Morgan fingerprint density at radius 1 is 1.27 bits per heavy atom. The van der Waals surface area contributed by atoms with Crippen molar-refractivity contribution in [2.45, 2.75) is 33.2 Å². The normalized spacial score (nSPS) is 16.4. The highest BCUT2D eigenvalue weighted by molar-refractivity contribution is 5.97. The molecule has 1 aromatic carbocycles. The van der Waals surface area contributed by atoms with Crippen LogP contribution < -0.4 is 0 Å². The molecule has 1 N–H and O–H groups in total. The molecular weight excluding hydrogens is 280 g/mol. The van der Waals surface area contributed by atoms with Crippen molar-refractivity contribution in [3.8, 4) is 0 Å². The Hall–Kier alpha value is -2.43. The first-order valence-corrected chi connectivity index (χ1v) is 7.25. The minimum absolute atomic E-state index is 0.0353. The fourth-order valence-corrected chi connectivity index (χ4v) is 2.98. The molecule has 1 aliphatic rings. The molecule has 0 radical (unpaired) electrons. The van der Waals surface area contributed by atoms with Crippen LogP contribution in [-0.2, 0) is 13.0 Å². The summed E-state index contributed by atoms with van der Waals surface area (Å²) < 4.78 is 1.86. The number of hydrogen-bond acceptors (Lipinski definition) is 3. The van der Waals surface area contributed by atoms with Crippen molar-refractivity contribution in [2.24, 2.45) is 5.41 Å². The molecule has 1 heterocycles. The number of ketones is 1. The topological polar surface area (TPSA) is 72.2 Å². The number of imidazole rings is 1. The van der Waals surface area contributed by atoms with E-state index in [1.165, 1.54) is 0 Å². The fourth-order valence-electron chi connectivity index (χ4n) is 2.98. The molecule has 1 aliphatic carbocycles. The van der Waals surface area contributed by atoms with Crippen molar-refractivity contribution in [1.29, 1.82) is 0 Å². The number of hydrogen-bond donors (Lipinski definition) is 1. The van der Waals surface area contributed by atoms with Crippen LogP contribution in [0, 0.1) is 5.41 Å². The van der Waals surface area contributed by atoms with Gasteiger partial charge in [0.2, 0.25) is 0 Å². The average Bonchev–Trinajstić information content (AvgIpc) is 2.80. The summed E-state index contributed by atoms with van der Waals surface area (Å²) in [5, 5.41) is 8.91. The number of aromatic nitrogens is 2. The summed E-state index contributed by atoms with van der Waals surface area (Å²) in [6.07, 6.45) is 3.04. The van der Waals surface area contributed by atoms with Crippen LogP contribution in [0.1, 0.15) is 52.4 Å². The summed E-state index contributed by atoms with van der Waals surface area (Å²) in [6.45, 7) is 4.68. The van der Waals surface area contributed by atoms with Crippen molar-refractivity contribution >= 4 is 11.8 Å². The SMILES string of the molecule is CC1(C)CC(=O)c2c(ncn2Cc2ccc(C(=O)O)cc2)C1. The summed E-state index contributed by atoms with van der Waals surface area (Å²) in [6, 6.07) is 6.69. The lowest BCUT2D eigenvalue weighted by Gasteiger charge is -2.28. The minimum Gasteiger partial charge on any atom is -0.478 e. The maximum Gasteiger partial charge on any atom is 0.335 e. The van der Waals surface area contributed by atoms with E-state index in [1.807, 2.05) is 4.57 Å². The van der Waals surface area contributed by atoms with Crippen LogP contribution in [0.25, 0.3) is 0 Å². The summed E-state index contributed by atoms with van der Waals surface area (Å²) in [4.78, 5) is 27.6. The lowest BCUT2D eigenvalue weighted by molar-refractivity contribution is 0.0696. The summed E-state index contributed by atoms with van der Waals surface area (Å²) >= 11 is 0. The number of aromatic carboxylic acids is 1. The molecule has 1 aromatic heterocycles. The lowest BCUT2D eigenvalue weighted by Crippen LogP contribution is -2.28. The largest absolute Gasteiger partial charge is 0.478 e. The Morgan fingerprint density at radius 3 is 2.59 bits per heavy atom.